The van der Waals surface area contributed by atoms with Crippen LogP contribution in [0.1, 0.15) is 42.9 Å². The molecule has 5 aliphatic heterocycles. The first-order valence-electron chi connectivity index (χ1n) is 12.3. The number of methoxy groups -OCH3 is 1. The Hall–Kier alpha value is -1.13. The Kier molecular flexibility index (Phi) is 7.70. The summed E-state index contributed by atoms with van der Waals surface area (Å²) in [7, 11) is 3.99. The smallest absolute Gasteiger partial charge is 0.246 e. The molecule has 34 heavy (non-hydrogen) atoms. The summed E-state index contributed by atoms with van der Waals surface area (Å²) < 4.78 is 12.4. The van der Waals surface area contributed by atoms with Crippen molar-refractivity contribution in [2.75, 3.05) is 39.2 Å². The summed E-state index contributed by atoms with van der Waals surface area (Å²) in [6.07, 6.45) is 5.25. The van der Waals surface area contributed by atoms with E-state index in [0.29, 0.717) is 30.7 Å². The molecule has 4 saturated heterocycles. The molecule has 2 unspecified atom stereocenters. The number of ether oxygens (including phenoxy) is 2. The van der Waals surface area contributed by atoms with Crippen LogP contribution in [0.3, 0.4) is 0 Å². The lowest BCUT2D eigenvalue weighted by Crippen LogP contribution is -3.35. The monoisotopic (exact) mass is 514 g/mol. The number of anilines is 1. The van der Waals surface area contributed by atoms with Crippen LogP contribution in [0.5, 0.6) is 5.75 Å². The number of hydrogen-bond acceptors (Lipinski definition) is 5. The molecule has 6 rings (SSSR count). The predicted molar refractivity (Wildman–Crippen MR) is 118 cm³/mol. The van der Waals surface area contributed by atoms with Gasteiger partial charge in [-0.25, -0.2) is 0 Å². The molecule has 0 aliphatic carbocycles. The lowest BCUT2D eigenvalue weighted by molar-refractivity contribution is -1.08. The van der Waals surface area contributed by atoms with Crippen molar-refractivity contribution in [2.24, 2.45) is 5.92 Å². The highest BCUT2D eigenvalue weighted by molar-refractivity contribution is 5.96. The van der Waals surface area contributed by atoms with Crippen LogP contribution in [0, 0.1) is 5.92 Å². The molecule has 1 amide bonds. The molecule has 1 aromatic carbocycles. The molecule has 10 heteroatoms. The van der Waals surface area contributed by atoms with Gasteiger partial charge in [0.05, 0.1) is 38.1 Å². The number of aliphatic hydroxyl groups excluding tert-OH is 1. The minimum absolute atomic E-state index is 0. The molecular formula is C24H36Cl2N4O4. The fraction of sp³-hybridized carbons (Fsp3) is 0.708. The number of benzene rings is 1. The Balaban J connectivity index is 0.00000137. The number of amides is 1. The second-order valence-electron chi connectivity index (χ2n) is 10.4. The first-order chi connectivity index (χ1) is 15.6. The van der Waals surface area contributed by atoms with Crippen molar-refractivity contribution in [3.05, 3.63) is 23.3 Å². The molecule has 1 aromatic rings. The topological polar surface area (TPSA) is 88.7 Å². The number of likely N-dealkylation sites (N-methyl/N-ethyl adjacent to an activating group) is 1. The molecule has 9 atom stereocenters. The van der Waals surface area contributed by atoms with Crippen molar-refractivity contribution in [2.45, 2.75) is 68.5 Å². The van der Waals surface area contributed by atoms with Crippen LogP contribution in [0.2, 0.25) is 0 Å². The number of fused-ring (bicyclic) bond motifs is 6. The molecule has 190 valence electrons. The molecule has 0 spiro atoms. The van der Waals surface area contributed by atoms with Gasteiger partial charge in [0.2, 0.25) is 12.1 Å². The Morgan fingerprint density at radius 2 is 2.12 bits per heavy atom. The lowest BCUT2D eigenvalue weighted by atomic mass is 9.81. The fourth-order valence-electron chi connectivity index (χ4n) is 7.64. The minimum atomic E-state index is -0.134. The maximum absolute atomic E-state index is 12.9. The van der Waals surface area contributed by atoms with Gasteiger partial charge in [0.1, 0.15) is 24.7 Å². The third-order valence-electron chi connectivity index (χ3n) is 8.97. The van der Waals surface area contributed by atoms with Crippen molar-refractivity contribution >= 4 is 11.6 Å². The summed E-state index contributed by atoms with van der Waals surface area (Å²) >= 11 is 0. The third-order valence-corrected chi connectivity index (χ3v) is 8.97. The normalized spacial score (nSPS) is 39.2. The summed E-state index contributed by atoms with van der Waals surface area (Å²) in [5.74, 6) is 1.16. The number of piperazine rings is 1. The van der Waals surface area contributed by atoms with Crippen LogP contribution in [0.15, 0.2) is 12.1 Å². The molecule has 4 fully saturated rings. The average molecular weight is 515 g/mol. The molecule has 0 radical (unpaired) electrons. The van der Waals surface area contributed by atoms with E-state index < -0.39 is 0 Å². The van der Waals surface area contributed by atoms with Crippen LogP contribution in [0.4, 0.5) is 5.69 Å². The van der Waals surface area contributed by atoms with Gasteiger partial charge in [0.15, 0.2) is 11.8 Å². The van der Waals surface area contributed by atoms with E-state index in [1.807, 2.05) is 6.07 Å². The van der Waals surface area contributed by atoms with Gasteiger partial charge in [-0.3, -0.25) is 9.69 Å². The van der Waals surface area contributed by atoms with Crippen LogP contribution in [0.25, 0.3) is 0 Å². The highest BCUT2D eigenvalue weighted by Crippen LogP contribution is 2.41. The van der Waals surface area contributed by atoms with Gasteiger partial charge in [-0.1, -0.05) is 12.5 Å². The van der Waals surface area contributed by atoms with Crippen molar-refractivity contribution in [1.29, 1.82) is 0 Å². The van der Waals surface area contributed by atoms with Crippen molar-refractivity contribution in [3.8, 4) is 5.75 Å². The van der Waals surface area contributed by atoms with Gasteiger partial charge in [0, 0.05) is 18.8 Å². The van der Waals surface area contributed by atoms with Gasteiger partial charge in [-0.05, 0) is 31.0 Å². The Morgan fingerprint density at radius 1 is 1.29 bits per heavy atom. The molecule has 5 heterocycles. The maximum Gasteiger partial charge on any atom is 0.246 e. The molecule has 5 aliphatic rings. The van der Waals surface area contributed by atoms with E-state index in [1.165, 1.54) is 20.9 Å². The number of halogens is 2. The number of quaternary nitrogens is 2. The standard InChI is InChI=1S/C24H34N4O4.2ClH/c1-27-18-10-14(11-29)21(27)17-9-13-6-7-15(26-23(30)16-5-3-4-8-25-16)22(31-2)20(13)19-12-32-24(18)28(17)19;;/h6-7,14,16-19,21,24-25,29H,3-5,8-12H2,1-2H3,(H,26,30);2*1H/t14-,16-,17-,18+,19-,21-,24+;;/m0../s1. The highest BCUT2D eigenvalue weighted by Gasteiger charge is 2.67. The van der Waals surface area contributed by atoms with Crippen LogP contribution in [-0.2, 0) is 16.0 Å². The first kappa shape index (κ1) is 25.9. The van der Waals surface area contributed by atoms with E-state index in [2.05, 4.69) is 23.7 Å². The van der Waals surface area contributed by atoms with E-state index in [4.69, 9.17) is 9.47 Å². The number of nitrogens with one attached hydrogen (secondary N) is 4. The van der Waals surface area contributed by atoms with Crippen LogP contribution < -0.4 is 50.0 Å². The highest BCUT2D eigenvalue weighted by atomic mass is 35.5. The van der Waals surface area contributed by atoms with Gasteiger partial charge >= 0.3 is 0 Å². The van der Waals surface area contributed by atoms with E-state index in [9.17, 15) is 9.90 Å². The SMILES string of the molecule is COc1c(NC(=O)[C@@H]2CCCCN2)ccc2c1[C@@H]1CO[C@@H]3[C@H]4C[C@@H](CO)[C@@H]([C@H](C2)[NH+]31)[NH+]4C.[Cl-].[Cl-]. The molecular weight excluding hydrogens is 479 g/mol. The lowest BCUT2D eigenvalue weighted by Gasteiger charge is -2.46. The van der Waals surface area contributed by atoms with Crippen molar-refractivity contribution < 1.29 is 54.0 Å². The average Bonchev–Trinajstić information content (AvgIpc) is 3.36. The van der Waals surface area contributed by atoms with Gasteiger partial charge in [-0.15, -0.1) is 0 Å². The minimum Gasteiger partial charge on any atom is -1.00 e. The quantitative estimate of drug-likeness (QED) is 0.275. The summed E-state index contributed by atoms with van der Waals surface area (Å²) in [5.41, 5.74) is 3.27. The first-order valence-corrected chi connectivity index (χ1v) is 12.3. The number of hydrogen-bond donors (Lipinski definition) is 5. The zero-order valence-electron chi connectivity index (χ0n) is 19.8. The van der Waals surface area contributed by atoms with Gasteiger partial charge < -0.3 is 54.9 Å². The molecule has 0 saturated carbocycles. The van der Waals surface area contributed by atoms with Crippen LogP contribution in [-0.4, -0.2) is 75.3 Å². The number of rotatable bonds is 4. The third kappa shape index (κ3) is 3.82. The Morgan fingerprint density at radius 3 is 2.82 bits per heavy atom. The summed E-state index contributed by atoms with van der Waals surface area (Å²) in [6.45, 7) is 1.84. The van der Waals surface area contributed by atoms with Crippen LogP contribution >= 0.6 is 0 Å². The molecule has 2 bridgehead atoms. The summed E-state index contributed by atoms with van der Waals surface area (Å²) in [6, 6.07) is 5.59. The van der Waals surface area contributed by atoms with E-state index in [0.717, 1.165) is 50.1 Å². The number of carbonyl (C=O) groups excluding carboxylic acids is 1. The number of piperidine rings is 1. The predicted octanol–water partition coefficient (Wildman–Crippen LogP) is -7.73. The second-order valence-corrected chi connectivity index (χ2v) is 10.4. The molecule has 8 nitrogen and oxygen atoms in total. The van der Waals surface area contributed by atoms with Crippen molar-refractivity contribution in [1.82, 2.24) is 5.32 Å². The second kappa shape index (κ2) is 10.1. The molecule has 0 aromatic heterocycles. The summed E-state index contributed by atoms with van der Waals surface area (Å²) in [5, 5.41) is 16.6. The number of aliphatic hydroxyl groups is 1. The van der Waals surface area contributed by atoms with Gasteiger partial charge in [-0.2, -0.15) is 0 Å². The Labute approximate surface area is 213 Å². The largest absolute Gasteiger partial charge is 1.00 e. The number of carbonyl (C=O) groups is 1. The van der Waals surface area contributed by atoms with E-state index in [1.54, 1.807) is 7.11 Å². The Bertz CT molecular complexity index is 915. The maximum atomic E-state index is 12.9. The van der Waals surface area contributed by atoms with E-state index in [-0.39, 0.29) is 55.6 Å². The molecule has 5 N–H and O–H groups in total. The summed E-state index contributed by atoms with van der Waals surface area (Å²) in [4.78, 5) is 16.0. The van der Waals surface area contributed by atoms with Crippen molar-refractivity contribution in [3.63, 3.8) is 0 Å². The van der Waals surface area contributed by atoms with Gasteiger partial charge in [0.25, 0.3) is 0 Å². The zero-order chi connectivity index (χ0) is 22.0. The zero-order valence-corrected chi connectivity index (χ0v) is 21.3. The fourth-order valence-corrected chi connectivity index (χ4v) is 7.64. The van der Waals surface area contributed by atoms with E-state index >= 15 is 0 Å².